The number of carbonyl (C=O) groups excluding carboxylic acids is 1. The molecule has 2 atom stereocenters. The van der Waals surface area contributed by atoms with Gasteiger partial charge in [0.1, 0.15) is 0 Å². The van der Waals surface area contributed by atoms with Gasteiger partial charge in [-0.1, -0.05) is 44.2 Å². The Bertz CT molecular complexity index is 482. The van der Waals surface area contributed by atoms with Gasteiger partial charge in [0.05, 0.1) is 0 Å². The molecular formula is C16H18O. The lowest BCUT2D eigenvalue weighted by Gasteiger charge is -2.56. The van der Waals surface area contributed by atoms with Gasteiger partial charge < -0.3 is 0 Å². The van der Waals surface area contributed by atoms with Gasteiger partial charge in [0, 0.05) is 5.92 Å². The molecule has 0 N–H and O–H groups in total. The van der Waals surface area contributed by atoms with Crippen LogP contribution >= 0.6 is 0 Å². The number of Topliss-reactive ketones (excluding diaryl/α,β-unsaturated/α-hetero) is 1. The van der Waals surface area contributed by atoms with Crippen LogP contribution in [0.15, 0.2) is 35.9 Å². The summed E-state index contributed by atoms with van der Waals surface area (Å²) in [6.07, 6.45) is 4.16. The van der Waals surface area contributed by atoms with Crippen LogP contribution in [0.2, 0.25) is 0 Å². The number of carbonyl (C=O) groups is 1. The number of rotatable bonds is 1. The van der Waals surface area contributed by atoms with E-state index in [2.05, 4.69) is 32.1 Å². The second kappa shape index (κ2) is 3.56. The monoisotopic (exact) mass is 226 g/mol. The number of hydrogen-bond donors (Lipinski definition) is 0. The molecule has 4 rings (SSSR count). The molecule has 88 valence electrons. The van der Waals surface area contributed by atoms with Gasteiger partial charge in [0.2, 0.25) is 0 Å². The predicted octanol–water partition coefficient (Wildman–Crippen LogP) is 3.71. The van der Waals surface area contributed by atoms with Crippen molar-refractivity contribution in [2.24, 2.45) is 17.3 Å². The molecule has 0 aliphatic heterocycles. The average Bonchev–Trinajstić information content (AvgIpc) is 2.32. The topological polar surface area (TPSA) is 17.1 Å². The molecule has 0 amide bonds. The van der Waals surface area contributed by atoms with Gasteiger partial charge in [-0.2, -0.15) is 0 Å². The first-order valence-electron chi connectivity index (χ1n) is 6.39. The zero-order chi connectivity index (χ0) is 12.0. The molecule has 3 aliphatic carbocycles. The highest BCUT2D eigenvalue weighted by atomic mass is 16.1. The van der Waals surface area contributed by atoms with Crippen molar-refractivity contribution in [1.29, 1.82) is 0 Å². The molecule has 0 spiro atoms. The van der Waals surface area contributed by atoms with Gasteiger partial charge in [-0.25, -0.2) is 0 Å². The first-order chi connectivity index (χ1) is 8.09. The van der Waals surface area contributed by atoms with Gasteiger partial charge >= 0.3 is 0 Å². The first-order valence-corrected chi connectivity index (χ1v) is 6.39. The number of ketones is 1. The largest absolute Gasteiger partial charge is 0.294 e. The maximum Gasteiger partial charge on any atom is 0.162 e. The van der Waals surface area contributed by atoms with Crippen LogP contribution in [0, 0.1) is 17.3 Å². The summed E-state index contributed by atoms with van der Waals surface area (Å²) < 4.78 is 0. The predicted molar refractivity (Wildman–Crippen MR) is 69.4 cm³/mol. The third-order valence-electron chi connectivity index (χ3n) is 4.71. The number of hydrogen-bond acceptors (Lipinski definition) is 1. The number of allylic oxidation sites excluding steroid dienone is 1. The molecule has 2 bridgehead atoms. The van der Waals surface area contributed by atoms with Crippen molar-refractivity contribution in [1.82, 2.24) is 0 Å². The van der Waals surface area contributed by atoms with Gasteiger partial charge in [0.15, 0.2) is 5.78 Å². The van der Waals surface area contributed by atoms with E-state index in [1.807, 2.05) is 18.2 Å². The summed E-state index contributed by atoms with van der Waals surface area (Å²) in [5, 5.41) is 0. The van der Waals surface area contributed by atoms with Crippen LogP contribution in [0.4, 0.5) is 0 Å². The van der Waals surface area contributed by atoms with E-state index in [9.17, 15) is 4.79 Å². The summed E-state index contributed by atoms with van der Waals surface area (Å²) in [4.78, 5) is 12.3. The zero-order valence-electron chi connectivity index (χ0n) is 10.4. The van der Waals surface area contributed by atoms with E-state index in [4.69, 9.17) is 0 Å². The van der Waals surface area contributed by atoms with Crippen molar-refractivity contribution in [2.75, 3.05) is 0 Å². The van der Waals surface area contributed by atoms with Crippen LogP contribution in [0.3, 0.4) is 0 Å². The Labute approximate surface area is 103 Å². The van der Waals surface area contributed by atoms with Crippen molar-refractivity contribution >= 4 is 11.9 Å². The van der Waals surface area contributed by atoms with Crippen LogP contribution in [-0.2, 0) is 4.79 Å². The summed E-state index contributed by atoms with van der Waals surface area (Å²) in [7, 11) is 0. The quantitative estimate of drug-likeness (QED) is 0.667. The van der Waals surface area contributed by atoms with Crippen molar-refractivity contribution in [3.63, 3.8) is 0 Å². The maximum atomic E-state index is 12.3. The van der Waals surface area contributed by atoms with E-state index in [1.54, 1.807) is 0 Å². The molecule has 3 aliphatic rings. The molecule has 1 aromatic carbocycles. The van der Waals surface area contributed by atoms with Crippen LogP contribution in [0.5, 0.6) is 0 Å². The minimum Gasteiger partial charge on any atom is -0.294 e. The van der Waals surface area contributed by atoms with Crippen molar-refractivity contribution in [3.8, 4) is 0 Å². The molecule has 3 saturated carbocycles. The van der Waals surface area contributed by atoms with Crippen molar-refractivity contribution in [3.05, 3.63) is 41.5 Å². The lowest BCUT2D eigenvalue weighted by Crippen LogP contribution is -2.53. The molecule has 3 fully saturated rings. The second-order valence-corrected chi connectivity index (χ2v) is 5.96. The molecule has 1 heteroatoms. The average molecular weight is 226 g/mol. The minimum absolute atomic E-state index is 0.241. The number of benzene rings is 1. The highest BCUT2D eigenvalue weighted by Gasteiger charge is 2.55. The smallest absolute Gasteiger partial charge is 0.162 e. The Morgan fingerprint density at radius 3 is 2.53 bits per heavy atom. The third kappa shape index (κ3) is 1.56. The van der Waals surface area contributed by atoms with Crippen LogP contribution < -0.4 is 0 Å². The van der Waals surface area contributed by atoms with Gasteiger partial charge in [0.25, 0.3) is 0 Å². The van der Waals surface area contributed by atoms with Gasteiger partial charge in [-0.15, -0.1) is 0 Å². The summed E-state index contributed by atoms with van der Waals surface area (Å²) >= 11 is 0. The molecule has 1 aromatic rings. The van der Waals surface area contributed by atoms with Crippen LogP contribution in [-0.4, -0.2) is 5.78 Å². The Kier molecular flexibility index (Phi) is 2.25. The Morgan fingerprint density at radius 1 is 1.24 bits per heavy atom. The fourth-order valence-corrected chi connectivity index (χ4v) is 3.28. The highest BCUT2D eigenvalue weighted by molar-refractivity contribution is 6.03. The van der Waals surface area contributed by atoms with E-state index in [1.165, 1.54) is 0 Å². The van der Waals surface area contributed by atoms with Gasteiger partial charge in [-0.05, 0) is 41.4 Å². The van der Waals surface area contributed by atoms with E-state index >= 15 is 0 Å². The van der Waals surface area contributed by atoms with Gasteiger partial charge in [-0.3, -0.25) is 4.79 Å². The second-order valence-electron chi connectivity index (χ2n) is 5.96. The molecule has 0 saturated heterocycles. The third-order valence-corrected chi connectivity index (χ3v) is 4.71. The fourth-order valence-electron chi connectivity index (χ4n) is 3.28. The van der Waals surface area contributed by atoms with Crippen molar-refractivity contribution < 1.29 is 4.79 Å². The molecule has 0 aromatic heterocycles. The van der Waals surface area contributed by atoms with E-state index in [0.29, 0.717) is 11.7 Å². The maximum absolute atomic E-state index is 12.3. The summed E-state index contributed by atoms with van der Waals surface area (Å²) in [5.74, 6) is 1.37. The standard InChI is InChI=1S/C16H18O/c1-16(2)13-9-12(15(17)14(16)10-13)8-11-6-4-3-5-7-11/h3-8,13-14H,9-10H2,1-2H3/b12-8-/t13-,14+/m1/s1. The first kappa shape index (κ1) is 10.8. The Hall–Kier alpha value is -1.37. The Balaban J connectivity index is 1.89. The lowest BCUT2D eigenvalue weighted by atomic mass is 9.47. The number of fused-ring (bicyclic) bond motifs is 2. The van der Waals surface area contributed by atoms with Crippen LogP contribution in [0.1, 0.15) is 32.3 Å². The molecule has 0 unspecified atom stereocenters. The zero-order valence-corrected chi connectivity index (χ0v) is 10.4. The van der Waals surface area contributed by atoms with Crippen LogP contribution in [0.25, 0.3) is 6.08 Å². The minimum atomic E-state index is 0.241. The molecule has 0 radical (unpaired) electrons. The van der Waals surface area contributed by atoms with Crippen molar-refractivity contribution in [2.45, 2.75) is 26.7 Å². The Morgan fingerprint density at radius 2 is 1.94 bits per heavy atom. The normalized spacial score (nSPS) is 32.4. The SMILES string of the molecule is CC1(C)[C@@H]2C/C(=C/c3ccccc3)C(=O)[C@@H]1C2. The summed E-state index contributed by atoms with van der Waals surface area (Å²) in [6.45, 7) is 4.48. The summed E-state index contributed by atoms with van der Waals surface area (Å²) in [5.41, 5.74) is 2.43. The van der Waals surface area contributed by atoms with E-state index < -0.39 is 0 Å². The lowest BCUT2D eigenvalue weighted by molar-refractivity contribution is -0.140. The van der Waals surface area contributed by atoms with E-state index in [0.717, 1.165) is 24.0 Å². The molecular weight excluding hydrogens is 208 g/mol. The summed E-state index contributed by atoms with van der Waals surface area (Å²) in [6, 6.07) is 10.2. The molecule has 17 heavy (non-hydrogen) atoms. The molecule has 0 heterocycles. The fraction of sp³-hybridized carbons (Fsp3) is 0.438. The molecule has 1 nitrogen and oxygen atoms in total. The van der Waals surface area contributed by atoms with E-state index in [-0.39, 0.29) is 11.3 Å². The highest BCUT2D eigenvalue weighted by Crippen LogP contribution is 2.59.